The molecule has 0 bridgehead atoms. The molecular formula is C23H33NO4. The van der Waals surface area contributed by atoms with Crippen molar-refractivity contribution in [3.8, 4) is 0 Å². The van der Waals surface area contributed by atoms with E-state index in [1.54, 1.807) is 0 Å². The summed E-state index contributed by atoms with van der Waals surface area (Å²) in [7, 11) is 0. The van der Waals surface area contributed by atoms with Gasteiger partial charge in [0.05, 0.1) is 24.7 Å². The van der Waals surface area contributed by atoms with E-state index >= 15 is 0 Å². The third-order valence-electron chi connectivity index (χ3n) is 5.11. The van der Waals surface area contributed by atoms with E-state index in [-0.39, 0.29) is 31.1 Å². The minimum Gasteiger partial charge on any atom is -0.447 e. The van der Waals surface area contributed by atoms with E-state index in [4.69, 9.17) is 9.47 Å². The fourth-order valence-corrected chi connectivity index (χ4v) is 3.24. The number of hydrogen-bond donors (Lipinski definition) is 0. The number of amides is 2. The van der Waals surface area contributed by atoms with Gasteiger partial charge in [0, 0.05) is 0 Å². The Balaban J connectivity index is 2.15. The lowest BCUT2D eigenvalue weighted by Crippen LogP contribution is -2.49. The average Bonchev–Trinajstić information content (AvgIpc) is 3.07. The summed E-state index contributed by atoms with van der Waals surface area (Å²) in [6, 6.07) is 9.62. The van der Waals surface area contributed by atoms with Crippen molar-refractivity contribution < 1.29 is 19.1 Å². The van der Waals surface area contributed by atoms with Gasteiger partial charge in [-0.2, -0.15) is 0 Å². The number of carbonyl (C=O) groups excluding carboxylic acids is 2. The molecule has 154 valence electrons. The zero-order chi connectivity index (χ0) is 20.6. The van der Waals surface area contributed by atoms with Crippen molar-refractivity contribution in [1.82, 2.24) is 4.90 Å². The summed E-state index contributed by atoms with van der Waals surface area (Å²) in [5, 5.41) is 0. The monoisotopic (exact) mass is 387 g/mol. The highest BCUT2D eigenvalue weighted by Crippen LogP contribution is 2.30. The van der Waals surface area contributed by atoms with Gasteiger partial charge in [-0.1, -0.05) is 76.1 Å². The number of carbonyl (C=O) groups is 2. The zero-order valence-corrected chi connectivity index (χ0v) is 17.5. The van der Waals surface area contributed by atoms with Crippen LogP contribution in [-0.4, -0.2) is 36.2 Å². The molecule has 0 unspecified atom stereocenters. The minimum absolute atomic E-state index is 0.133. The van der Waals surface area contributed by atoms with Gasteiger partial charge in [-0.15, -0.1) is 0 Å². The molecule has 2 amide bonds. The molecule has 1 saturated heterocycles. The van der Waals surface area contributed by atoms with E-state index in [2.05, 4.69) is 6.92 Å². The minimum atomic E-state index is -0.918. The molecule has 28 heavy (non-hydrogen) atoms. The molecule has 1 aliphatic rings. The number of rotatable bonds is 10. The molecular weight excluding hydrogens is 354 g/mol. The van der Waals surface area contributed by atoms with E-state index < -0.39 is 11.5 Å². The molecule has 0 spiro atoms. The van der Waals surface area contributed by atoms with Crippen molar-refractivity contribution in [2.45, 2.75) is 59.6 Å². The standard InChI is InChI=1S/C23H33NO4/c1-5-6-7-11-14-23(4,17-27-15-19-12-9-8-10-13-19)21(25)24-20(18(2)3)16-28-22(24)26/h8-14,18,20H,5-7,15-17H2,1-4H3/b14-11+/t20-,23+/m1/s1. The summed E-state index contributed by atoms with van der Waals surface area (Å²) in [6.07, 6.45) is 6.42. The Kier molecular flexibility index (Phi) is 8.24. The summed E-state index contributed by atoms with van der Waals surface area (Å²) >= 11 is 0. The van der Waals surface area contributed by atoms with E-state index in [1.165, 1.54) is 4.90 Å². The van der Waals surface area contributed by atoms with Crippen LogP contribution in [-0.2, 0) is 20.9 Å². The number of ether oxygens (including phenoxy) is 2. The average molecular weight is 388 g/mol. The van der Waals surface area contributed by atoms with Crippen LogP contribution in [0.3, 0.4) is 0 Å². The first-order chi connectivity index (χ1) is 13.4. The van der Waals surface area contributed by atoms with Crippen molar-refractivity contribution in [2.75, 3.05) is 13.2 Å². The van der Waals surface area contributed by atoms with Gasteiger partial charge in [0.15, 0.2) is 0 Å². The first-order valence-electron chi connectivity index (χ1n) is 10.2. The highest BCUT2D eigenvalue weighted by atomic mass is 16.6. The summed E-state index contributed by atoms with van der Waals surface area (Å²) < 4.78 is 11.1. The summed E-state index contributed by atoms with van der Waals surface area (Å²) in [6.45, 7) is 8.84. The van der Waals surface area contributed by atoms with Gasteiger partial charge in [-0.25, -0.2) is 9.69 Å². The van der Waals surface area contributed by atoms with E-state index in [0.29, 0.717) is 6.61 Å². The van der Waals surface area contributed by atoms with Crippen LogP contribution in [0.25, 0.3) is 0 Å². The van der Waals surface area contributed by atoms with Gasteiger partial charge < -0.3 is 9.47 Å². The first-order valence-corrected chi connectivity index (χ1v) is 10.2. The molecule has 2 atom stereocenters. The normalized spacial score (nSPS) is 19.2. The molecule has 2 rings (SSSR count). The van der Waals surface area contributed by atoms with Crippen molar-refractivity contribution in [2.24, 2.45) is 11.3 Å². The summed E-state index contributed by atoms with van der Waals surface area (Å²) in [4.78, 5) is 27.0. The highest BCUT2D eigenvalue weighted by molar-refractivity contribution is 5.97. The maximum Gasteiger partial charge on any atom is 0.417 e. The van der Waals surface area contributed by atoms with Crippen LogP contribution in [0.2, 0.25) is 0 Å². The third-order valence-corrected chi connectivity index (χ3v) is 5.11. The molecule has 0 saturated carbocycles. The van der Waals surface area contributed by atoms with Crippen LogP contribution in [0.5, 0.6) is 0 Å². The van der Waals surface area contributed by atoms with Gasteiger partial charge in [0.2, 0.25) is 5.91 Å². The summed E-state index contributed by atoms with van der Waals surface area (Å²) in [5.41, 5.74) is 0.131. The number of imide groups is 1. The number of allylic oxidation sites excluding steroid dienone is 1. The van der Waals surface area contributed by atoms with Gasteiger partial charge in [-0.3, -0.25) is 4.79 Å². The van der Waals surface area contributed by atoms with Crippen LogP contribution in [0.15, 0.2) is 42.5 Å². The van der Waals surface area contributed by atoms with Crippen molar-refractivity contribution in [3.63, 3.8) is 0 Å². The van der Waals surface area contributed by atoms with E-state index in [9.17, 15) is 9.59 Å². The fourth-order valence-electron chi connectivity index (χ4n) is 3.24. The maximum absolute atomic E-state index is 13.4. The third kappa shape index (κ3) is 5.68. The van der Waals surface area contributed by atoms with Crippen molar-refractivity contribution in [1.29, 1.82) is 0 Å². The molecule has 1 aromatic rings. The largest absolute Gasteiger partial charge is 0.447 e. The van der Waals surface area contributed by atoms with Gasteiger partial charge in [0.25, 0.3) is 0 Å². The number of nitrogens with zero attached hydrogens (tertiary/aromatic N) is 1. The molecule has 0 aromatic heterocycles. The van der Waals surface area contributed by atoms with Crippen LogP contribution < -0.4 is 0 Å². The lowest BCUT2D eigenvalue weighted by Gasteiger charge is -2.32. The maximum atomic E-state index is 13.4. The SMILES string of the molecule is CCCC/C=C/[C@@](C)(COCc1ccccc1)C(=O)N1C(=O)OC[C@@H]1C(C)C. The lowest BCUT2D eigenvalue weighted by atomic mass is 9.87. The number of benzene rings is 1. The van der Waals surface area contributed by atoms with E-state index in [1.807, 2.05) is 63.3 Å². The molecule has 5 nitrogen and oxygen atoms in total. The predicted molar refractivity (Wildman–Crippen MR) is 110 cm³/mol. The van der Waals surface area contributed by atoms with Crippen molar-refractivity contribution in [3.05, 3.63) is 48.0 Å². The van der Waals surface area contributed by atoms with Gasteiger partial charge in [-0.05, 0) is 24.8 Å². The van der Waals surface area contributed by atoms with E-state index in [0.717, 1.165) is 24.8 Å². The number of unbranched alkanes of at least 4 members (excludes halogenated alkanes) is 2. The Labute approximate surface area is 168 Å². The molecule has 5 heteroatoms. The number of cyclic esters (lactones) is 1. The topological polar surface area (TPSA) is 55.8 Å². The van der Waals surface area contributed by atoms with Crippen molar-refractivity contribution >= 4 is 12.0 Å². The molecule has 1 heterocycles. The van der Waals surface area contributed by atoms with Gasteiger partial charge >= 0.3 is 6.09 Å². The van der Waals surface area contributed by atoms with Crippen LogP contribution in [0, 0.1) is 11.3 Å². The zero-order valence-electron chi connectivity index (χ0n) is 17.5. The quantitative estimate of drug-likeness (QED) is 0.421. The number of hydrogen-bond acceptors (Lipinski definition) is 4. The molecule has 0 aliphatic carbocycles. The smallest absolute Gasteiger partial charge is 0.417 e. The molecule has 1 aliphatic heterocycles. The molecule has 1 aromatic carbocycles. The Bertz CT molecular complexity index is 670. The molecule has 0 N–H and O–H groups in total. The van der Waals surface area contributed by atoms with Crippen LogP contribution in [0.1, 0.15) is 52.5 Å². The molecule has 1 fully saturated rings. The Morgan fingerprint density at radius 2 is 2.07 bits per heavy atom. The lowest BCUT2D eigenvalue weighted by molar-refractivity contribution is -0.140. The molecule has 0 radical (unpaired) electrons. The second-order valence-electron chi connectivity index (χ2n) is 8.00. The second kappa shape index (κ2) is 10.4. The van der Waals surface area contributed by atoms with Crippen LogP contribution >= 0.6 is 0 Å². The van der Waals surface area contributed by atoms with Crippen LogP contribution in [0.4, 0.5) is 4.79 Å². The Morgan fingerprint density at radius 3 is 2.71 bits per heavy atom. The summed E-state index contributed by atoms with van der Waals surface area (Å²) in [5.74, 6) is -0.122. The second-order valence-corrected chi connectivity index (χ2v) is 8.00. The van der Waals surface area contributed by atoms with Gasteiger partial charge in [0.1, 0.15) is 6.61 Å². The Hall–Kier alpha value is -2.14. The Morgan fingerprint density at radius 1 is 1.36 bits per heavy atom. The first kappa shape index (κ1) is 22.2. The fraction of sp³-hybridized carbons (Fsp3) is 0.565. The predicted octanol–water partition coefficient (Wildman–Crippen LogP) is 4.96. The highest BCUT2D eigenvalue weighted by Gasteiger charge is 2.46.